The highest BCUT2D eigenvalue weighted by Gasteiger charge is 2.10. The summed E-state index contributed by atoms with van der Waals surface area (Å²) in [5.41, 5.74) is 0.730. The van der Waals surface area contributed by atoms with Crippen LogP contribution in [0.5, 0.6) is 0 Å². The van der Waals surface area contributed by atoms with Gasteiger partial charge in [0.15, 0.2) is 10.6 Å². The number of nitrogens with one attached hydrogen (secondary N) is 1. The van der Waals surface area contributed by atoms with Gasteiger partial charge in [-0.15, -0.1) is 0 Å². The molecule has 0 saturated carbocycles. The Balaban J connectivity index is 2.54. The van der Waals surface area contributed by atoms with Crippen molar-refractivity contribution in [3.63, 3.8) is 0 Å². The minimum Gasteiger partial charge on any atom is -0.328 e. The molecule has 0 aliphatic heterocycles. The minimum absolute atomic E-state index is 0.261. The van der Waals surface area contributed by atoms with Crippen molar-refractivity contribution < 1.29 is 8.78 Å². The normalized spacial score (nSPS) is 11.7. The fourth-order valence-corrected chi connectivity index (χ4v) is 2.06. The van der Waals surface area contributed by atoms with Gasteiger partial charge in [-0.05, 0) is 31.6 Å². The predicted molar refractivity (Wildman–Crippen MR) is 66.5 cm³/mol. The van der Waals surface area contributed by atoms with E-state index in [-0.39, 0.29) is 5.52 Å². The van der Waals surface area contributed by atoms with Crippen molar-refractivity contribution in [2.75, 3.05) is 0 Å². The molecule has 2 rings (SSSR count). The van der Waals surface area contributed by atoms with E-state index in [2.05, 4.69) is 4.98 Å². The molecule has 0 amide bonds. The second-order valence-electron chi connectivity index (χ2n) is 3.72. The summed E-state index contributed by atoms with van der Waals surface area (Å²) >= 11 is 5.10. The van der Waals surface area contributed by atoms with Gasteiger partial charge in [-0.2, -0.15) is 0 Å². The van der Waals surface area contributed by atoms with Crippen LogP contribution in [0.25, 0.3) is 11.0 Å². The Bertz CT molecular complexity index is 625. The van der Waals surface area contributed by atoms with Crippen molar-refractivity contribution in [1.82, 2.24) is 9.55 Å². The number of aromatic nitrogens is 2. The molecule has 1 aromatic heterocycles. The van der Waals surface area contributed by atoms with Crippen molar-refractivity contribution in [2.24, 2.45) is 0 Å². The van der Waals surface area contributed by atoms with Crippen LogP contribution in [0.2, 0.25) is 0 Å². The molecule has 5 heteroatoms. The first-order chi connectivity index (χ1) is 8.13. The molecular formula is C12H12F2N2S. The fourth-order valence-electron chi connectivity index (χ4n) is 1.77. The van der Waals surface area contributed by atoms with Crippen molar-refractivity contribution in [3.8, 4) is 0 Å². The summed E-state index contributed by atoms with van der Waals surface area (Å²) in [6, 6.07) is 2.14. The molecule has 0 aliphatic rings. The summed E-state index contributed by atoms with van der Waals surface area (Å²) in [5.74, 6) is -1.21. The third kappa shape index (κ3) is 2.29. The lowest BCUT2D eigenvalue weighted by molar-refractivity contribution is 0.589. The number of nitrogens with zero attached hydrogens (tertiary/aromatic N) is 1. The molecule has 0 unspecified atom stereocenters. The third-order valence-corrected chi connectivity index (χ3v) is 2.88. The second kappa shape index (κ2) is 4.79. The first-order valence-electron chi connectivity index (χ1n) is 5.32. The number of halogens is 2. The van der Waals surface area contributed by atoms with Crippen LogP contribution in [0, 0.1) is 16.4 Å². The Morgan fingerprint density at radius 2 is 2.18 bits per heavy atom. The van der Waals surface area contributed by atoms with Gasteiger partial charge in [-0.3, -0.25) is 0 Å². The molecule has 0 atom stereocenters. The Hall–Kier alpha value is -1.49. The Kier molecular flexibility index (Phi) is 3.38. The molecule has 0 saturated heterocycles. The second-order valence-corrected chi connectivity index (χ2v) is 4.11. The molecule has 2 nitrogen and oxygen atoms in total. The van der Waals surface area contributed by atoms with Crippen LogP contribution in [0.4, 0.5) is 8.78 Å². The van der Waals surface area contributed by atoms with Crippen LogP contribution < -0.4 is 0 Å². The van der Waals surface area contributed by atoms with E-state index in [9.17, 15) is 8.78 Å². The van der Waals surface area contributed by atoms with Crippen molar-refractivity contribution in [2.45, 2.75) is 19.9 Å². The molecule has 0 spiro atoms. The number of fused-ring (bicyclic) bond motifs is 1. The number of aromatic amines is 1. The first-order valence-corrected chi connectivity index (χ1v) is 5.73. The first kappa shape index (κ1) is 12.0. The molecule has 1 heterocycles. The van der Waals surface area contributed by atoms with Gasteiger partial charge in [0.25, 0.3) is 0 Å². The molecule has 2 aromatic rings. The molecule has 0 bridgehead atoms. The molecule has 90 valence electrons. The van der Waals surface area contributed by atoms with E-state index < -0.39 is 11.6 Å². The van der Waals surface area contributed by atoms with Gasteiger partial charge in [0.2, 0.25) is 0 Å². The van der Waals surface area contributed by atoms with Crippen molar-refractivity contribution >= 4 is 23.3 Å². The number of aryl methyl sites for hydroxylation is 1. The highest BCUT2D eigenvalue weighted by atomic mass is 32.1. The van der Waals surface area contributed by atoms with Crippen LogP contribution in [0.1, 0.15) is 13.3 Å². The lowest BCUT2D eigenvalue weighted by atomic mass is 10.3. The summed E-state index contributed by atoms with van der Waals surface area (Å²) in [6.07, 6.45) is 4.69. The van der Waals surface area contributed by atoms with Crippen molar-refractivity contribution in [3.05, 3.63) is 40.7 Å². The number of hydrogen-bond donors (Lipinski definition) is 1. The van der Waals surface area contributed by atoms with E-state index in [1.807, 2.05) is 19.1 Å². The summed E-state index contributed by atoms with van der Waals surface area (Å²) < 4.78 is 28.8. The number of imidazole rings is 1. The number of rotatable bonds is 3. The quantitative estimate of drug-likeness (QED) is 0.650. The van der Waals surface area contributed by atoms with Gasteiger partial charge in [0, 0.05) is 12.6 Å². The summed E-state index contributed by atoms with van der Waals surface area (Å²) in [4.78, 5) is 2.76. The Morgan fingerprint density at radius 1 is 1.41 bits per heavy atom. The van der Waals surface area contributed by atoms with E-state index in [1.165, 1.54) is 6.07 Å². The molecular weight excluding hydrogens is 242 g/mol. The predicted octanol–water partition coefficient (Wildman–Crippen LogP) is 3.94. The van der Waals surface area contributed by atoms with Gasteiger partial charge in [-0.1, -0.05) is 12.2 Å². The van der Waals surface area contributed by atoms with Crippen LogP contribution in [-0.2, 0) is 6.54 Å². The van der Waals surface area contributed by atoms with E-state index in [0.29, 0.717) is 16.8 Å². The zero-order valence-corrected chi connectivity index (χ0v) is 10.2. The zero-order chi connectivity index (χ0) is 12.4. The maximum Gasteiger partial charge on any atom is 0.178 e. The number of H-pyrrole nitrogens is 1. The van der Waals surface area contributed by atoms with Gasteiger partial charge >= 0.3 is 0 Å². The summed E-state index contributed by atoms with van der Waals surface area (Å²) in [5, 5.41) is 0. The van der Waals surface area contributed by atoms with Crippen LogP contribution in [0.15, 0.2) is 24.3 Å². The van der Waals surface area contributed by atoms with Gasteiger partial charge in [0.1, 0.15) is 11.3 Å². The highest BCUT2D eigenvalue weighted by molar-refractivity contribution is 7.71. The average Bonchev–Trinajstić information content (AvgIpc) is 2.57. The molecule has 0 aliphatic carbocycles. The summed E-state index contributed by atoms with van der Waals surface area (Å²) in [7, 11) is 0. The maximum absolute atomic E-state index is 13.5. The minimum atomic E-state index is -0.615. The standard InChI is InChI=1S/C12H12F2N2S/c1-2-3-4-5-16-10-7-8(13)6-9(14)11(10)15-12(16)17/h2-3,6-7H,4-5H2,1H3,(H,15,17)/b3-2+. The zero-order valence-electron chi connectivity index (χ0n) is 9.34. The van der Waals surface area contributed by atoms with Crippen molar-refractivity contribution in [1.29, 1.82) is 0 Å². The smallest absolute Gasteiger partial charge is 0.178 e. The van der Waals surface area contributed by atoms with E-state index in [0.717, 1.165) is 12.5 Å². The van der Waals surface area contributed by atoms with E-state index >= 15 is 0 Å². The monoisotopic (exact) mass is 254 g/mol. The molecule has 0 fully saturated rings. The number of benzene rings is 1. The number of hydrogen-bond acceptors (Lipinski definition) is 1. The third-order valence-electron chi connectivity index (χ3n) is 2.56. The SMILES string of the molecule is C/C=C/CCn1c(=S)[nH]c2c(F)cc(F)cc21. The lowest BCUT2D eigenvalue weighted by Crippen LogP contribution is -1.97. The van der Waals surface area contributed by atoms with Crippen LogP contribution in [0.3, 0.4) is 0 Å². The van der Waals surface area contributed by atoms with Gasteiger partial charge < -0.3 is 9.55 Å². The Morgan fingerprint density at radius 3 is 2.88 bits per heavy atom. The largest absolute Gasteiger partial charge is 0.328 e. The fraction of sp³-hybridized carbons (Fsp3) is 0.250. The highest BCUT2D eigenvalue weighted by Crippen LogP contribution is 2.19. The maximum atomic E-state index is 13.5. The molecule has 1 aromatic carbocycles. The Labute approximate surface area is 103 Å². The average molecular weight is 254 g/mol. The summed E-state index contributed by atoms with van der Waals surface area (Å²) in [6.45, 7) is 2.53. The van der Waals surface area contributed by atoms with E-state index in [4.69, 9.17) is 12.2 Å². The number of allylic oxidation sites excluding steroid dienone is 2. The van der Waals surface area contributed by atoms with Crippen LogP contribution >= 0.6 is 12.2 Å². The lowest BCUT2D eigenvalue weighted by Gasteiger charge is -2.02. The molecule has 0 radical (unpaired) electrons. The van der Waals surface area contributed by atoms with Gasteiger partial charge in [-0.25, -0.2) is 8.78 Å². The topological polar surface area (TPSA) is 20.7 Å². The van der Waals surface area contributed by atoms with Crippen LogP contribution in [-0.4, -0.2) is 9.55 Å². The van der Waals surface area contributed by atoms with E-state index in [1.54, 1.807) is 4.57 Å². The van der Waals surface area contributed by atoms with Gasteiger partial charge in [0.05, 0.1) is 5.52 Å². The molecule has 17 heavy (non-hydrogen) atoms. The molecule has 1 N–H and O–H groups in total.